The Hall–Kier alpha value is -0.570. The van der Waals surface area contributed by atoms with Crippen molar-refractivity contribution in [3.05, 3.63) is 0 Å². The zero-order valence-electron chi connectivity index (χ0n) is 8.96. The summed E-state index contributed by atoms with van der Waals surface area (Å²) in [7, 11) is 1.44. The molecule has 0 saturated carbocycles. The van der Waals surface area contributed by atoms with Gasteiger partial charge in [-0.25, -0.2) is 0 Å². The van der Waals surface area contributed by atoms with Crippen molar-refractivity contribution in [2.24, 2.45) is 0 Å². The number of rotatable bonds is 5. The van der Waals surface area contributed by atoms with Crippen LogP contribution in [0.2, 0.25) is 0 Å². The van der Waals surface area contributed by atoms with Gasteiger partial charge in [-0.15, -0.1) is 0 Å². The molecule has 1 atom stereocenters. The number of hydrogen-bond donors (Lipinski definition) is 0. The first kappa shape index (κ1) is 11.5. The Bertz CT molecular complexity index is 162. The molecule has 1 unspecified atom stereocenters. The Kier molecular flexibility index (Phi) is 5.60. The van der Waals surface area contributed by atoms with Crippen molar-refractivity contribution in [1.82, 2.24) is 0 Å². The molecule has 0 amide bonds. The van der Waals surface area contributed by atoms with Gasteiger partial charge in [0.1, 0.15) is 0 Å². The predicted octanol–water partition coefficient (Wildman–Crippen LogP) is 2.29. The highest BCUT2D eigenvalue weighted by Crippen LogP contribution is 2.18. The number of esters is 1. The predicted molar refractivity (Wildman–Crippen MR) is 54.1 cm³/mol. The maximum Gasteiger partial charge on any atom is 0.305 e. The molecule has 1 heterocycles. The first-order chi connectivity index (χ1) is 6.83. The van der Waals surface area contributed by atoms with E-state index in [9.17, 15) is 4.79 Å². The fraction of sp³-hybridized carbons (Fsp3) is 0.909. The van der Waals surface area contributed by atoms with E-state index in [1.165, 1.54) is 26.4 Å². The summed E-state index contributed by atoms with van der Waals surface area (Å²) in [5.74, 6) is -0.102. The summed E-state index contributed by atoms with van der Waals surface area (Å²) >= 11 is 0. The molecule has 0 bridgehead atoms. The molecule has 1 aliphatic heterocycles. The van der Waals surface area contributed by atoms with Crippen LogP contribution in [0.4, 0.5) is 0 Å². The number of methoxy groups -OCH3 is 1. The van der Waals surface area contributed by atoms with Crippen LogP contribution >= 0.6 is 0 Å². The lowest BCUT2D eigenvalue weighted by Gasteiger charge is -2.22. The summed E-state index contributed by atoms with van der Waals surface area (Å²) in [6.07, 6.45) is 7.77. The number of unbranched alkanes of at least 4 members (excludes halogenated alkanes) is 1. The standard InChI is InChI=1S/C11H20O3/c1-13-11(12)8-3-2-6-10-7-4-5-9-14-10/h10H,2-9H2,1H3. The average Bonchev–Trinajstić information content (AvgIpc) is 2.25. The lowest BCUT2D eigenvalue weighted by molar-refractivity contribution is -0.140. The summed E-state index contributed by atoms with van der Waals surface area (Å²) in [5, 5.41) is 0. The van der Waals surface area contributed by atoms with E-state index >= 15 is 0 Å². The summed E-state index contributed by atoms with van der Waals surface area (Å²) < 4.78 is 10.2. The summed E-state index contributed by atoms with van der Waals surface area (Å²) in [4.78, 5) is 10.8. The molecule has 1 aliphatic rings. The smallest absolute Gasteiger partial charge is 0.305 e. The van der Waals surface area contributed by atoms with Gasteiger partial charge >= 0.3 is 5.97 Å². The fourth-order valence-corrected chi connectivity index (χ4v) is 1.78. The average molecular weight is 200 g/mol. The van der Waals surface area contributed by atoms with E-state index in [4.69, 9.17) is 4.74 Å². The molecule has 0 aromatic rings. The minimum Gasteiger partial charge on any atom is -0.469 e. The molecular weight excluding hydrogens is 180 g/mol. The van der Waals surface area contributed by atoms with Gasteiger partial charge in [0, 0.05) is 13.0 Å². The third-order valence-corrected chi connectivity index (χ3v) is 2.66. The molecule has 0 spiro atoms. The van der Waals surface area contributed by atoms with Gasteiger partial charge in [0.05, 0.1) is 13.2 Å². The van der Waals surface area contributed by atoms with Gasteiger partial charge in [0.15, 0.2) is 0 Å². The van der Waals surface area contributed by atoms with Crippen molar-refractivity contribution in [1.29, 1.82) is 0 Å². The second kappa shape index (κ2) is 6.82. The van der Waals surface area contributed by atoms with Crippen LogP contribution in [-0.4, -0.2) is 25.8 Å². The molecule has 3 nitrogen and oxygen atoms in total. The second-order valence-electron chi connectivity index (χ2n) is 3.81. The van der Waals surface area contributed by atoms with Crippen LogP contribution in [0, 0.1) is 0 Å². The Labute approximate surface area is 85.8 Å². The van der Waals surface area contributed by atoms with E-state index in [-0.39, 0.29) is 5.97 Å². The van der Waals surface area contributed by atoms with E-state index in [1.54, 1.807) is 0 Å². The van der Waals surface area contributed by atoms with E-state index in [2.05, 4.69) is 4.74 Å². The van der Waals surface area contributed by atoms with Crippen molar-refractivity contribution >= 4 is 5.97 Å². The highest BCUT2D eigenvalue weighted by Gasteiger charge is 2.13. The molecule has 82 valence electrons. The van der Waals surface area contributed by atoms with Gasteiger partial charge in [0.25, 0.3) is 0 Å². The molecule has 0 aromatic carbocycles. The number of carbonyl (C=O) groups excluding carboxylic acids is 1. The maximum atomic E-state index is 10.8. The molecule has 0 aliphatic carbocycles. The van der Waals surface area contributed by atoms with Crippen LogP contribution < -0.4 is 0 Å². The zero-order chi connectivity index (χ0) is 10.2. The largest absolute Gasteiger partial charge is 0.469 e. The van der Waals surface area contributed by atoms with Crippen molar-refractivity contribution < 1.29 is 14.3 Å². The quantitative estimate of drug-likeness (QED) is 0.504. The Morgan fingerprint density at radius 2 is 2.29 bits per heavy atom. The molecule has 3 heteroatoms. The van der Waals surface area contributed by atoms with Crippen LogP contribution in [0.25, 0.3) is 0 Å². The van der Waals surface area contributed by atoms with Crippen LogP contribution in [0.15, 0.2) is 0 Å². The van der Waals surface area contributed by atoms with Crippen molar-refractivity contribution in [2.45, 2.75) is 51.0 Å². The van der Waals surface area contributed by atoms with Gasteiger partial charge in [-0.1, -0.05) is 6.42 Å². The molecule has 0 radical (unpaired) electrons. The Balaban J connectivity index is 1.94. The van der Waals surface area contributed by atoms with E-state index in [0.717, 1.165) is 25.9 Å². The van der Waals surface area contributed by atoms with Crippen LogP contribution in [0.1, 0.15) is 44.9 Å². The minimum absolute atomic E-state index is 0.102. The molecule has 1 rings (SSSR count). The SMILES string of the molecule is COC(=O)CCCCC1CCCCO1. The zero-order valence-corrected chi connectivity index (χ0v) is 8.96. The number of ether oxygens (including phenoxy) is 2. The molecule has 14 heavy (non-hydrogen) atoms. The van der Waals surface area contributed by atoms with E-state index in [1.807, 2.05) is 0 Å². The molecule has 0 aromatic heterocycles. The fourth-order valence-electron chi connectivity index (χ4n) is 1.78. The van der Waals surface area contributed by atoms with Crippen molar-refractivity contribution in [2.75, 3.05) is 13.7 Å². The molecule has 1 saturated heterocycles. The lowest BCUT2D eigenvalue weighted by Crippen LogP contribution is -2.18. The number of hydrogen-bond acceptors (Lipinski definition) is 3. The Morgan fingerprint density at radius 3 is 2.93 bits per heavy atom. The van der Waals surface area contributed by atoms with E-state index < -0.39 is 0 Å². The monoisotopic (exact) mass is 200 g/mol. The van der Waals surface area contributed by atoms with Crippen molar-refractivity contribution in [3.8, 4) is 0 Å². The van der Waals surface area contributed by atoms with Crippen LogP contribution in [0.3, 0.4) is 0 Å². The Morgan fingerprint density at radius 1 is 1.43 bits per heavy atom. The third kappa shape index (κ3) is 4.61. The second-order valence-corrected chi connectivity index (χ2v) is 3.81. The van der Waals surface area contributed by atoms with Gasteiger partial charge in [-0.2, -0.15) is 0 Å². The van der Waals surface area contributed by atoms with Crippen LogP contribution in [-0.2, 0) is 14.3 Å². The number of carbonyl (C=O) groups is 1. The van der Waals surface area contributed by atoms with Gasteiger partial charge in [-0.05, 0) is 32.1 Å². The molecular formula is C11H20O3. The van der Waals surface area contributed by atoms with Gasteiger partial charge < -0.3 is 9.47 Å². The van der Waals surface area contributed by atoms with Crippen LogP contribution in [0.5, 0.6) is 0 Å². The first-order valence-electron chi connectivity index (χ1n) is 5.51. The normalized spacial score (nSPS) is 21.9. The summed E-state index contributed by atoms with van der Waals surface area (Å²) in [5.41, 5.74) is 0. The van der Waals surface area contributed by atoms with Crippen molar-refractivity contribution in [3.63, 3.8) is 0 Å². The lowest BCUT2D eigenvalue weighted by atomic mass is 10.0. The molecule has 1 fully saturated rings. The van der Waals surface area contributed by atoms with Gasteiger partial charge in [-0.3, -0.25) is 4.79 Å². The first-order valence-corrected chi connectivity index (χ1v) is 5.51. The highest BCUT2D eigenvalue weighted by atomic mass is 16.5. The summed E-state index contributed by atoms with van der Waals surface area (Å²) in [6.45, 7) is 0.918. The molecule has 0 N–H and O–H groups in total. The highest BCUT2D eigenvalue weighted by molar-refractivity contribution is 5.68. The minimum atomic E-state index is -0.102. The maximum absolute atomic E-state index is 10.8. The summed E-state index contributed by atoms with van der Waals surface area (Å²) in [6, 6.07) is 0. The van der Waals surface area contributed by atoms with Gasteiger partial charge in [0.2, 0.25) is 0 Å². The topological polar surface area (TPSA) is 35.5 Å². The third-order valence-electron chi connectivity index (χ3n) is 2.66. The van der Waals surface area contributed by atoms with E-state index in [0.29, 0.717) is 12.5 Å².